The van der Waals surface area contributed by atoms with Crippen LogP contribution in [0.5, 0.6) is 0 Å². The lowest BCUT2D eigenvalue weighted by Gasteiger charge is -2.30. The summed E-state index contributed by atoms with van der Waals surface area (Å²) in [5, 5.41) is 2.87. The first-order valence-electron chi connectivity index (χ1n) is 9.19. The van der Waals surface area contributed by atoms with Crippen LogP contribution in [0, 0.1) is 11.8 Å². The fourth-order valence-electron chi connectivity index (χ4n) is 3.58. The van der Waals surface area contributed by atoms with Crippen molar-refractivity contribution in [2.24, 2.45) is 11.8 Å². The maximum atomic E-state index is 12.1. The second-order valence-electron chi connectivity index (χ2n) is 7.59. The first-order chi connectivity index (χ1) is 11.9. The summed E-state index contributed by atoms with van der Waals surface area (Å²) in [6.07, 6.45) is 3.00. The zero-order valence-corrected chi connectivity index (χ0v) is 15.7. The van der Waals surface area contributed by atoms with Gasteiger partial charge in [0.1, 0.15) is 0 Å². The number of amides is 1. The highest BCUT2D eigenvalue weighted by Crippen LogP contribution is 2.19. The molecule has 25 heavy (non-hydrogen) atoms. The zero-order valence-electron chi connectivity index (χ0n) is 14.9. The molecule has 0 aliphatic carbocycles. The summed E-state index contributed by atoms with van der Waals surface area (Å²) in [6, 6.07) is 8.35. The largest absolute Gasteiger partial charge is 0.352 e. The number of rotatable bonds is 5. The predicted molar refractivity (Wildman–Crippen MR) is 98.7 cm³/mol. The quantitative estimate of drug-likeness (QED) is 0.867. The summed E-state index contributed by atoms with van der Waals surface area (Å²) in [4.78, 5) is 14.6. The smallest absolute Gasteiger partial charge is 0.224 e. The Kier molecular flexibility index (Phi) is 5.79. The summed E-state index contributed by atoms with van der Waals surface area (Å²) in [6.45, 7) is 6.10. The Morgan fingerprint density at radius 2 is 1.76 bits per heavy atom. The van der Waals surface area contributed by atoms with E-state index in [-0.39, 0.29) is 23.3 Å². The average molecular weight is 365 g/mol. The van der Waals surface area contributed by atoms with Gasteiger partial charge in [-0.15, -0.1) is 0 Å². The topological polar surface area (TPSA) is 66.5 Å². The van der Waals surface area contributed by atoms with Gasteiger partial charge in [0.05, 0.1) is 17.4 Å². The van der Waals surface area contributed by atoms with Crippen molar-refractivity contribution < 1.29 is 13.2 Å². The van der Waals surface area contributed by atoms with Gasteiger partial charge in [0, 0.05) is 13.1 Å². The van der Waals surface area contributed by atoms with Crippen LogP contribution in [-0.2, 0) is 27.7 Å². The first kappa shape index (κ1) is 18.4. The number of hydrogen-bond donors (Lipinski definition) is 1. The molecule has 1 amide bonds. The third-order valence-corrected chi connectivity index (χ3v) is 7.14. The molecule has 0 saturated carbocycles. The van der Waals surface area contributed by atoms with E-state index in [9.17, 15) is 13.2 Å². The van der Waals surface area contributed by atoms with Gasteiger partial charge in [0.2, 0.25) is 5.91 Å². The number of sulfone groups is 1. The number of likely N-dealkylation sites (tertiary alicyclic amines) is 1. The Morgan fingerprint density at radius 1 is 1.12 bits per heavy atom. The second-order valence-corrected chi connectivity index (χ2v) is 9.82. The summed E-state index contributed by atoms with van der Waals surface area (Å²) < 4.78 is 22.9. The molecule has 2 aliphatic rings. The molecular weight excluding hydrogens is 336 g/mol. The maximum Gasteiger partial charge on any atom is 0.224 e. The molecule has 5 nitrogen and oxygen atoms in total. The molecule has 2 aliphatic heterocycles. The Hall–Kier alpha value is -1.40. The zero-order chi connectivity index (χ0) is 17.9. The van der Waals surface area contributed by atoms with Crippen LogP contribution < -0.4 is 5.32 Å². The molecule has 6 heteroatoms. The van der Waals surface area contributed by atoms with Crippen molar-refractivity contribution in [1.29, 1.82) is 0 Å². The molecule has 0 radical (unpaired) electrons. The van der Waals surface area contributed by atoms with Gasteiger partial charge in [-0.25, -0.2) is 8.42 Å². The van der Waals surface area contributed by atoms with Gasteiger partial charge in [-0.3, -0.25) is 9.69 Å². The van der Waals surface area contributed by atoms with Crippen LogP contribution in [0.1, 0.15) is 37.3 Å². The highest BCUT2D eigenvalue weighted by molar-refractivity contribution is 7.91. The fourth-order valence-corrected chi connectivity index (χ4v) is 5.32. The molecule has 1 aromatic carbocycles. The molecular formula is C19H28N2O3S. The number of benzene rings is 1. The fraction of sp³-hybridized carbons (Fsp3) is 0.632. The molecule has 0 bridgehead atoms. The van der Waals surface area contributed by atoms with Crippen molar-refractivity contribution in [2.45, 2.75) is 39.3 Å². The number of piperidine rings is 1. The van der Waals surface area contributed by atoms with E-state index in [1.807, 2.05) is 12.1 Å². The number of nitrogens with one attached hydrogen (secondary N) is 1. The Bertz CT molecular complexity index is 692. The van der Waals surface area contributed by atoms with Gasteiger partial charge >= 0.3 is 0 Å². The van der Waals surface area contributed by atoms with Crippen molar-refractivity contribution >= 4 is 15.7 Å². The van der Waals surface area contributed by atoms with E-state index >= 15 is 0 Å². The monoisotopic (exact) mass is 364 g/mol. The van der Waals surface area contributed by atoms with Crippen molar-refractivity contribution in [3.05, 3.63) is 35.4 Å². The van der Waals surface area contributed by atoms with Crippen LogP contribution in [0.25, 0.3) is 0 Å². The van der Waals surface area contributed by atoms with E-state index in [2.05, 4.69) is 29.3 Å². The Morgan fingerprint density at radius 3 is 2.36 bits per heavy atom. The van der Waals surface area contributed by atoms with Crippen LogP contribution >= 0.6 is 0 Å². The van der Waals surface area contributed by atoms with Crippen LogP contribution in [0.3, 0.4) is 0 Å². The second kappa shape index (κ2) is 7.87. The van der Waals surface area contributed by atoms with E-state index in [0.717, 1.165) is 18.0 Å². The molecule has 3 rings (SSSR count). The highest BCUT2D eigenvalue weighted by atomic mass is 32.2. The summed E-state index contributed by atoms with van der Waals surface area (Å²) >= 11 is 0. The van der Waals surface area contributed by atoms with Crippen molar-refractivity contribution in [3.8, 4) is 0 Å². The summed E-state index contributed by atoms with van der Waals surface area (Å²) in [5.41, 5.74) is 2.34. The van der Waals surface area contributed by atoms with Gasteiger partial charge in [-0.05, 0) is 49.4 Å². The van der Waals surface area contributed by atoms with E-state index in [4.69, 9.17) is 0 Å². The van der Waals surface area contributed by atoms with Crippen LogP contribution in [0.2, 0.25) is 0 Å². The third-order valence-electron chi connectivity index (χ3n) is 5.38. The van der Waals surface area contributed by atoms with Gasteiger partial charge in [0.25, 0.3) is 0 Å². The van der Waals surface area contributed by atoms with Gasteiger partial charge in [-0.1, -0.05) is 31.2 Å². The molecule has 138 valence electrons. The molecule has 2 heterocycles. The molecule has 0 aromatic heterocycles. The lowest BCUT2D eigenvalue weighted by atomic mass is 9.99. The van der Waals surface area contributed by atoms with E-state index in [0.29, 0.717) is 13.0 Å². The minimum absolute atomic E-state index is 0.00772. The standard InChI is InChI=1S/C19H28N2O3S/c1-15-6-9-21(10-7-15)13-17-4-2-16(3-5-17)12-20-19(22)18-8-11-25(23,24)14-18/h2-5,15,18H,6-14H2,1H3,(H,20,22). The number of nitrogens with zero attached hydrogens (tertiary/aromatic N) is 1. The highest BCUT2D eigenvalue weighted by Gasteiger charge is 2.32. The predicted octanol–water partition coefficient (Wildman–Crippen LogP) is 1.97. The van der Waals surface area contributed by atoms with E-state index < -0.39 is 9.84 Å². The number of hydrogen-bond acceptors (Lipinski definition) is 4. The lowest BCUT2D eigenvalue weighted by molar-refractivity contribution is -0.124. The van der Waals surface area contributed by atoms with Crippen LogP contribution in [0.15, 0.2) is 24.3 Å². The molecule has 1 N–H and O–H groups in total. The molecule has 0 spiro atoms. The maximum absolute atomic E-state index is 12.1. The third kappa shape index (κ3) is 5.28. The van der Waals surface area contributed by atoms with Gasteiger partial charge < -0.3 is 5.32 Å². The average Bonchev–Trinajstić information content (AvgIpc) is 2.96. The Labute approximate surface area is 150 Å². The van der Waals surface area contributed by atoms with Crippen LogP contribution in [0.4, 0.5) is 0 Å². The Balaban J connectivity index is 1.45. The van der Waals surface area contributed by atoms with E-state index in [1.54, 1.807) is 0 Å². The summed E-state index contributed by atoms with van der Waals surface area (Å²) in [7, 11) is -3.01. The van der Waals surface area contributed by atoms with Crippen molar-refractivity contribution in [1.82, 2.24) is 10.2 Å². The molecule has 2 fully saturated rings. The minimum atomic E-state index is -3.01. The molecule has 1 unspecified atom stereocenters. The normalized spacial score (nSPS) is 24.3. The lowest BCUT2D eigenvalue weighted by Crippen LogP contribution is -2.32. The number of carbonyl (C=O) groups excluding carboxylic acids is 1. The van der Waals surface area contributed by atoms with E-state index in [1.165, 1.54) is 31.5 Å². The summed E-state index contributed by atoms with van der Waals surface area (Å²) in [5.74, 6) is 0.442. The minimum Gasteiger partial charge on any atom is -0.352 e. The number of carbonyl (C=O) groups is 1. The molecule has 1 atom stereocenters. The van der Waals surface area contributed by atoms with Gasteiger partial charge in [0.15, 0.2) is 9.84 Å². The van der Waals surface area contributed by atoms with Gasteiger partial charge in [-0.2, -0.15) is 0 Å². The SMILES string of the molecule is CC1CCN(Cc2ccc(CNC(=O)C3CCS(=O)(=O)C3)cc2)CC1. The molecule has 2 saturated heterocycles. The van der Waals surface area contributed by atoms with Crippen molar-refractivity contribution in [2.75, 3.05) is 24.6 Å². The van der Waals surface area contributed by atoms with Crippen molar-refractivity contribution in [3.63, 3.8) is 0 Å². The molecule has 1 aromatic rings. The van der Waals surface area contributed by atoms with Crippen LogP contribution in [-0.4, -0.2) is 43.8 Å². The first-order valence-corrected chi connectivity index (χ1v) is 11.0.